The molecule has 0 aromatic heterocycles. The summed E-state index contributed by atoms with van der Waals surface area (Å²) in [6, 6.07) is 7.93. The van der Waals surface area contributed by atoms with Crippen LogP contribution in [0.3, 0.4) is 0 Å². The molecule has 0 unspecified atom stereocenters. The van der Waals surface area contributed by atoms with E-state index in [9.17, 15) is 27.5 Å². The molecule has 1 saturated carbocycles. The van der Waals surface area contributed by atoms with E-state index in [0.717, 1.165) is 62.5 Å². The summed E-state index contributed by atoms with van der Waals surface area (Å²) in [7, 11) is 0. The Bertz CT molecular complexity index is 1070. The minimum absolute atomic E-state index is 0.0988. The van der Waals surface area contributed by atoms with Gasteiger partial charge in [-0.05, 0) is 67.1 Å². The maximum Gasteiger partial charge on any atom is 0.416 e. The maximum atomic E-state index is 13.5. The van der Waals surface area contributed by atoms with Crippen LogP contribution in [0.4, 0.5) is 17.6 Å². The summed E-state index contributed by atoms with van der Waals surface area (Å²) in [6.45, 7) is 1.93. The lowest BCUT2D eigenvalue weighted by molar-refractivity contribution is -0.145. The summed E-state index contributed by atoms with van der Waals surface area (Å²) in [5.41, 5.74) is 0.705. The van der Waals surface area contributed by atoms with Crippen LogP contribution < -0.4 is 4.74 Å². The molecular formula is C24H23F4NO3. The quantitative estimate of drug-likeness (QED) is 0.651. The number of carbonyl (C=O) groups is 1. The third-order valence-electron chi connectivity index (χ3n) is 7.03. The molecule has 1 N–H and O–H groups in total. The van der Waals surface area contributed by atoms with E-state index in [-0.39, 0.29) is 17.6 Å². The van der Waals surface area contributed by atoms with Crippen molar-refractivity contribution in [3.05, 3.63) is 64.5 Å². The van der Waals surface area contributed by atoms with Crippen molar-refractivity contribution in [2.24, 2.45) is 10.8 Å². The highest BCUT2D eigenvalue weighted by Crippen LogP contribution is 2.51. The highest BCUT2D eigenvalue weighted by molar-refractivity contribution is 5.78. The van der Waals surface area contributed by atoms with Gasteiger partial charge in [-0.2, -0.15) is 13.2 Å². The molecule has 4 nitrogen and oxygen atoms in total. The first-order valence-electron chi connectivity index (χ1n) is 10.6. The normalized spacial score (nSPS) is 20.6. The third-order valence-corrected chi connectivity index (χ3v) is 7.03. The molecule has 1 spiro atoms. The van der Waals surface area contributed by atoms with Gasteiger partial charge in [-0.25, -0.2) is 4.39 Å². The van der Waals surface area contributed by atoms with Crippen molar-refractivity contribution in [2.45, 2.75) is 38.5 Å². The number of ether oxygens (including phenoxy) is 1. The van der Waals surface area contributed by atoms with Crippen molar-refractivity contribution in [1.82, 2.24) is 4.90 Å². The van der Waals surface area contributed by atoms with E-state index in [1.165, 1.54) is 5.56 Å². The molecule has 0 radical (unpaired) electrons. The van der Waals surface area contributed by atoms with Gasteiger partial charge in [0.1, 0.15) is 18.2 Å². The zero-order chi connectivity index (χ0) is 22.7. The van der Waals surface area contributed by atoms with Crippen LogP contribution in [0, 0.1) is 16.6 Å². The second-order valence-corrected chi connectivity index (χ2v) is 9.60. The molecular weight excluding hydrogens is 426 g/mol. The Labute approximate surface area is 182 Å². The minimum atomic E-state index is -4.58. The number of fused-ring (bicyclic) bond motifs is 1. The number of hydrogen-bond acceptors (Lipinski definition) is 3. The molecule has 1 heterocycles. The fourth-order valence-electron chi connectivity index (χ4n) is 5.28. The molecule has 3 aliphatic rings. The van der Waals surface area contributed by atoms with Crippen LogP contribution in [0.2, 0.25) is 0 Å². The van der Waals surface area contributed by atoms with Crippen LogP contribution in [0.5, 0.6) is 5.75 Å². The second kappa shape index (κ2) is 7.20. The first-order chi connectivity index (χ1) is 15.1. The molecule has 1 aliphatic heterocycles. The summed E-state index contributed by atoms with van der Waals surface area (Å²) in [6.07, 6.45) is -1.35. The predicted molar refractivity (Wildman–Crippen MR) is 108 cm³/mol. The standard InChI is InChI=1S/C24H23F4NO3/c25-18-2-4-20(24(26,27)28)17(7-18)11-32-19-3-1-15-9-22(10-16(15)8-19)12-29(13-22)14-23(5-6-23)21(30)31/h1-4,7-8H,5-6,9-14H2,(H,30,31). The van der Waals surface area contributed by atoms with E-state index in [4.69, 9.17) is 4.74 Å². The van der Waals surface area contributed by atoms with Crippen LogP contribution in [0.15, 0.2) is 36.4 Å². The molecule has 0 amide bonds. The summed E-state index contributed by atoms with van der Waals surface area (Å²) >= 11 is 0. The van der Waals surface area contributed by atoms with Crippen molar-refractivity contribution in [3.8, 4) is 5.75 Å². The van der Waals surface area contributed by atoms with Gasteiger partial charge >= 0.3 is 12.1 Å². The number of likely N-dealkylation sites (tertiary alicyclic amines) is 1. The first kappa shape index (κ1) is 21.2. The number of hydrogen-bond donors (Lipinski definition) is 1. The Kier molecular flexibility index (Phi) is 4.78. The smallest absolute Gasteiger partial charge is 0.416 e. The molecule has 2 aliphatic carbocycles. The average molecular weight is 449 g/mol. The van der Waals surface area contributed by atoms with Crippen molar-refractivity contribution < 1.29 is 32.2 Å². The zero-order valence-corrected chi connectivity index (χ0v) is 17.3. The van der Waals surface area contributed by atoms with Crippen LogP contribution in [-0.4, -0.2) is 35.6 Å². The Morgan fingerprint density at radius 1 is 1.06 bits per heavy atom. The number of alkyl halides is 3. The second-order valence-electron chi connectivity index (χ2n) is 9.60. The predicted octanol–water partition coefficient (Wildman–Crippen LogP) is 4.69. The zero-order valence-electron chi connectivity index (χ0n) is 17.3. The monoisotopic (exact) mass is 449 g/mol. The van der Waals surface area contributed by atoms with Crippen LogP contribution in [0.25, 0.3) is 0 Å². The number of aliphatic carboxylic acids is 1. The molecule has 2 aromatic rings. The van der Waals surface area contributed by atoms with Crippen molar-refractivity contribution in [3.63, 3.8) is 0 Å². The van der Waals surface area contributed by atoms with E-state index in [1.54, 1.807) is 6.07 Å². The summed E-state index contributed by atoms with van der Waals surface area (Å²) in [4.78, 5) is 13.6. The third kappa shape index (κ3) is 3.85. The lowest BCUT2D eigenvalue weighted by Crippen LogP contribution is -2.58. The number of carboxylic acid groups (broad SMARTS) is 1. The van der Waals surface area contributed by atoms with Crippen molar-refractivity contribution in [2.75, 3.05) is 19.6 Å². The fraction of sp³-hybridized carbons (Fsp3) is 0.458. The fourth-order valence-corrected chi connectivity index (χ4v) is 5.28. The first-order valence-corrected chi connectivity index (χ1v) is 10.6. The van der Waals surface area contributed by atoms with Gasteiger partial charge in [0.05, 0.1) is 11.0 Å². The Morgan fingerprint density at radius 3 is 2.44 bits per heavy atom. The molecule has 2 fully saturated rings. The van der Waals surface area contributed by atoms with E-state index < -0.39 is 28.9 Å². The topological polar surface area (TPSA) is 49.8 Å². The summed E-state index contributed by atoms with van der Waals surface area (Å²) in [5.74, 6) is -0.989. The van der Waals surface area contributed by atoms with E-state index in [2.05, 4.69) is 4.90 Å². The molecule has 170 valence electrons. The highest BCUT2D eigenvalue weighted by Gasteiger charge is 2.55. The molecule has 5 rings (SSSR count). The number of halogens is 4. The Balaban J connectivity index is 1.22. The molecule has 32 heavy (non-hydrogen) atoms. The van der Waals surface area contributed by atoms with Crippen LogP contribution in [0.1, 0.15) is 35.1 Å². The van der Waals surface area contributed by atoms with Crippen molar-refractivity contribution >= 4 is 5.97 Å². The molecule has 0 bridgehead atoms. The van der Waals surface area contributed by atoms with Gasteiger partial charge < -0.3 is 14.7 Å². The minimum Gasteiger partial charge on any atom is -0.489 e. The molecule has 1 saturated heterocycles. The van der Waals surface area contributed by atoms with Gasteiger partial charge in [0.25, 0.3) is 0 Å². The van der Waals surface area contributed by atoms with E-state index in [1.807, 2.05) is 12.1 Å². The maximum absolute atomic E-state index is 13.5. The Morgan fingerprint density at radius 2 is 1.78 bits per heavy atom. The number of nitrogens with zero attached hydrogens (tertiary/aromatic N) is 1. The van der Waals surface area contributed by atoms with Gasteiger partial charge in [-0.15, -0.1) is 0 Å². The highest BCUT2D eigenvalue weighted by atomic mass is 19.4. The van der Waals surface area contributed by atoms with E-state index >= 15 is 0 Å². The SMILES string of the molecule is O=C(O)C1(CN2CC3(Cc4ccc(OCc5cc(F)ccc5C(F)(F)F)cc4C3)C2)CC1. The van der Waals surface area contributed by atoms with E-state index in [0.29, 0.717) is 12.3 Å². The number of benzene rings is 2. The van der Waals surface area contributed by atoms with Gasteiger partial charge in [0.15, 0.2) is 0 Å². The number of carboxylic acids is 1. The summed E-state index contributed by atoms with van der Waals surface area (Å²) < 4.78 is 58.7. The van der Waals surface area contributed by atoms with Crippen molar-refractivity contribution in [1.29, 1.82) is 0 Å². The van der Waals surface area contributed by atoms with Crippen LogP contribution in [-0.2, 0) is 30.4 Å². The van der Waals surface area contributed by atoms with Gasteiger partial charge in [0.2, 0.25) is 0 Å². The molecule has 2 aromatic carbocycles. The largest absolute Gasteiger partial charge is 0.489 e. The molecule has 0 atom stereocenters. The Hall–Kier alpha value is -2.61. The lowest BCUT2D eigenvalue weighted by Gasteiger charge is -2.49. The van der Waals surface area contributed by atoms with Crippen LogP contribution >= 0.6 is 0 Å². The lowest BCUT2D eigenvalue weighted by atomic mass is 9.76. The molecule has 8 heteroatoms. The van der Waals surface area contributed by atoms with Gasteiger partial charge in [-0.1, -0.05) is 6.07 Å². The average Bonchev–Trinajstić information content (AvgIpc) is 3.37. The number of rotatable bonds is 6. The summed E-state index contributed by atoms with van der Waals surface area (Å²) in [5, 5.41) is 9.39. The van der Waals surface area contributed by atoms with Gasteiger partial charge in [-0.3, -0.25) is 4.79 Å². The van der Waals surface area contributed by atoms with Gasteiger partial charge in [0, 0.05) is 30.6 Å².